The second kappa shape index (κ2) is 12.5. The van der Waals surface area contributed by atoms with E-state index in [0.717, 1.165) is 58.9 Å². The first-order valence-electron chi connectivity index (χ1n) is 13.1. The molecule has 0 atom stereocenters. The lowest BCUT2D eigenvalue weighted by Crippen LogP contribution is -2.32. The van der Waals surface area contributed by atoms with Gasteiger partial charge in [-0.1, -0.05) is 24.3 Å². The van der Waals surface area contributed by atoms with E-state index >= 15 is 0 Å². The number of hydrogen-bond donors (Lipinski definition) is 5. The predicted octanol–water partition coefficient (Wildman–Crippen LogP) is 5.26. The summed E-state index contributed by atoms with van der Waals surface area (Å²) in [4.78, 5) is 11.3. The molecule has 5 aromatic rings. The summed E-state index contributed by atoms with van der Waals surface area (Å²) in [6, 6.07) is 21.5. The van der Waals surface area contributed by atoms with Crippen LogP contribution in [0, 0.1) is 6.92 Å². The SMILES string of the molecule is Cc1cc2cc(Nc3ccnc4cc(-c5ccc(CNCCCN(CCO)CCO)cc5)sc34)ccc2[nH]1. The van der Waals surface area contributed by atoms with Gasteiger partial charge in [-0.15, -0.1) is 11.3 Å². The van der Waals surface area contributed by atoms with Crippen LogP contribution in [-0.2, 0) is 6.54 Å². The molecular formula is C30H35N5O2S. The molecular weight excluding hydrogens is 494 g/mol. The highest BCUT2D eigenvalue weighted by atomic mass is 32.1. The number of anilines is 2. The number of fused-ring (bicyclic) bond motifs is 2. The third-order valence-corrected chi connectivity index (χ3v) is 7.88. The Morgan fingerprint density at radius 1 is 0.947 bits per heavy atom. The molecule has 0 saturated heterocycles. The van der Waals surface area contributed by atoms with Crippen LogP contribution in [0.2, 0.25) is 0 Å². The van der Waals surface area contributed by atoms with Gasteiger partial charge in [-0.3, -0.25) is 9.88 Å². The molecule has 3 aromatic heterocycles. The molecule has 7 nitrogen and oxygen atoms in total. The maximum absolute atomic E-state index is 9.12. The van der Waals surface area contributed by atoms with E-state index in [-0.39, 0.29) is 13.2 Å². The van der Waals surface area contributed by atoms with Crippen molar-refractivity contribution < 1.29 is 10.2 Å². The molecule has 0 radical (unpaired) electrons. The molecule has 198 valence electrons. The van der Waals surface area contributed by atoms with Crippen molar-refractivity contribution in [3.8, 4) is 10.4 Å². The lowest BCUT2D eigenvalue weighted by molar-refractivity contribution is 0.160. The number of thiophene rings is 1. The van der Waals surface area contributed by atoms with E-state index in [2.05, 4.69) is 87.0 Å². The van der Waals surface area contributed by atoms with Crippen molar-refractivity contribution in [1.29, 1.82) is 0 Å². The summed E-state index contributed by atoms with van der Waals surface area (Å²) in [6.07, 6.45) is 2.84. The molecule has 8 heteroatoms. The van der Waals surface area contributed by atoms with Crippen molar-refractivity contribution in [3.05, 3.63) is 78.1 Å². The molecule has 38 heavy (non-hydrogen) atoms. The highest BCUT2D eigenvalue weighted by Crippen LogP contribution is 2.37. The second-order valence-electron chi connectivity index (χ2n) is 9.58. The van der Waals surface area contributed by atoms with Crippen molar-refractivity contribution in [2.75, 3.05) is 44.7 Å². The normalized spacial score (nSPS) is 11.7. The van der Waals surface area contributed by atoms with Crippen molar-refractivity contribution in [2.45, 2.75) is 19.9 Å². The molecule has 0 bridgehead atoms. The Morgan fingerprint density at radius 2 is 1.76 bits per heavy atom. The third kappa shape index (κ3) is 6.40. The molecule has 0 fully saturated rings. The zero-order chi connectivity index (χ0) is 26.3. The van der Waals surface area contributed by atoms with Crippen LogP contribution in [0.4, 0.5) is 11.4 Å². The van der Waals surface area contributed by atoms with Gasteiger partial charge in [0.15, 0.2) is 0 Å². The van der Waals surface area contributed by atoms with Crippen molar-refractivity contribution in [3.63, 3.8) is 0 Å². The molecule has 0 amide bonds. The topological polar surface area (TPSA) is 96.4 Å². The number of rotatable bonds is 13. The van der Waals surface area contributed by atoms with Gasteiger partial charge < -0.3 is 25.8 Å². The summed E-state index contributed by atoms with van der Waals surface area (Å²) in [5, 5.41) is 26.5. The van der Waals surface area contributed by atoms with Crippen LogP contribution < -0.4 is 10.6 Å². The molecule has 5 N–H and O–H groups in total. The number of aromatic nitrogens is 2. The molecule has 0 unspecified atom stereocenters. The van der Waals surface area contributed by atoms with E-state index in [9.17, 15) is 0 Å². The maximum Gasteiger partial charge on any atom is 0.0837 e. The fraction of sp³-hybridized carbons (Fsp3) is 0.300. The number of aliphatic hydroxyl groups excluding tert-OH is 2. The van der Waals surface area contributed by atoms with Gasteiger partial charge in [0.25, 0.3) is 0 Å². The number of aryl methyl sites for hydroxylation is 1. The summed E-state index contributed by atoms with van der Waals surface area (Å²) >= 11 is 1.76. The number of aromatic amines is 1. The summed E-state index contributed by atoms with van der Waals surface area (Å²) in [7, 11) is 0. The molecule has 5 rings (SSSR count). The number of aliphatic hydroxyl groups is 2. The van der Waals surface area contributed by atoms with E-state index in [0.29, 0.717) is 13.1 Å². The van der Waals surface area contributed by atoms with E-state index in [4.69, 9.17) is 10.2 Å². The molecule has 0 aliphatic rings. The number of nitrogens with zero attached hydrogens (tertiary/aromatic N) is 2. The molecule has 3 heterocycles. The fourth-order valence-corrected chi connectivity index (χ4v) is 5.84. The lowest BCUT2D eigenvalue weighted by atomic mass is 10.1. The molecule has 0 saturated carbocycles. The Kier molecular flexibility index (Phi) is 8.68. The Bertz CT molecular complexity index is 1470. The summed E-state index contributed by atoms with van der Waals surface area (Å²) in [5.41, 5.74) is 7.86. The number of hydrogen-bond acceptors (Lipinski definition) is 7. The predicted molar refractivity (Wildman–Crippen MR) is 158 cm³/mol. The first kappa shape index (κ1) is 26.3. The Labute approximate surface area is 227 Å². The zero-order valence-corrected chi connectivity index (χ0v) is 22.5. The highest BCUT2D eigenvalue weighted by molar-refractivity contribution is 7.22. The minimum absolute atomic E-state index is 0.123. The molecule has 0 aliphatic heterocycles. The van der Waals surface area contributed by atoms with Gasteiger partial charge in [0.2, 0.25) is 0 Å². The van der Waals surface area contributed by atoms with Gasteiger partial charge >= 0.3 is 0 Å². The van der Waals surface area contributed by atoms with Gasteiger partial charge in [-0.2, -0.15) is 0 Å². The summed E-state index contributed by atoms with van der Waals surface area (Å²) in [5.74, 6) is 0. The average Bonchev–Trinajstić information content (AvgIpc) is 3.52. The van der Waals surface area contributed by atoms with Crippen LogP contribution in [-0.4, -0.2) is 64.5 Å². The van der Waals surface area contributed by atoms with Gasteiger partial charge in [-0.05, 0) is 74.0 Å². The van der Waals surface area contributed by atoms with E-state index in [1.807, 2.05) is 12.3 Å². The zero-order valence-electron chi connectivity index (χ0n) is 21.7. The van der Waals surface area contributed by atoms with Gasteiger partial charge in [0, 0.05) is 53.0 Å². The second-order valence-corrected chi connectivity index (χ2v) is 10.6. The average molecular weight is 530 g/mol. The number of H-pyrrole nitrogens is 1. The van der Waals surface area contributed by atoms with Crippen LogP contribution >= 0.6 is 11.3 Å². The minimum Gasteiger partial charge on any atom is -0.395 e. The third-order valence-electron chi connectivity index (χ3n) is 6.67. The quantitative estimate of drug-likeness (QED) is 0.134. The molecule has 0 aliphatic carbocycles. The van der Waals surface area contributed by atoms with Crippen LogP contribution in [0.3, 0.4) is 0 Å². The highest BCUT2D eigenvalue weighted by Gasteiger charge is 2.10. The Hall–Kier alpha value is -3.27. The van der Waals surface area contributed by atoms with Crippen LogP contribution in [0.15, 0.2) is 66.9 Å². The smallest absolute Gasteiger partial charge is 0.0837 e. The Balaban J connectivity index is 1.21. The van der Waals surface area contributed by atoms with E-state index < -0.39 is 0 Å². The van der Waals surface area contributed by atoms with Crippen LogP contribution in [0.1, 0.15) is 17.7 Å². The van der Waals surface area contributed by atoms with Crippen molar-refractivity contribution >= 4 is 43.8 Å². The minimum atomic E-state index is 0.123. The van der Waals surface area contributed by atoms with E-state index in [1.165, 1.54) is 21.4 Å². The van der Waals surface area contributed by atoms with Gasteiger partial charge in [-0.25, -0.2) is 0 Å². The standard InChI is InChI=1S/C30H35N5O2S/c1-21-17-24-18-25(7-8-26(24)33-21)34-27-9-11-32-28-19-29(38-30(27)28)23-5-3-22(4-6-23)20-31-10-2-12-35(13-15-36)14-16-37/h3-9,11,17-19,31,33,36-37H,2,10,12-16,20H2,1H3,(H,32,34). The lowest BCUT2D eigenvalue weighted by Gasteiger charge is -2.19. The van der Waals surface area contributed by atoms with Gasteiger partial charge in [0.1, 0.15) is 0 Å². The number of pyridine rings is 1. The van der Waals surface area contributed by atoms with Gasteiger partial charge in [0.05, 0.1) is 29.1 Å². The largest absolute Gasteiger partial charge is 0.395 e. The summed E-state index contributed by atoms with van der Waals surface area (Å²) < 4.78 is 1.15. The molecule has 2 aromatic carbocycles. The number of nitrogens with one attached hydrogen (secondary N) is 3. The van der Waals surface area contributed by atoms with Crippen LogP contribution in [0.5, 0.6) is 0 Å². The Morgan fingerprint density at radius 3 is 2.55 bits per heavy atom. The fourth-order valence-electron chi connectivity index (χ4n) is 4.76. The van der Waals surface area contributed by atoms with E-state index in [1.54, 1.807) is 11.3 Å². The molecule has 0 spiro atoms. The first-order chi connectivity index (χ1) is 18.6. The first-order valence-corrected chi connectivity index (χ1v) is 13.9. The maximum atomic E-state index is 9.12. The summed E-state index contributed by atoms with van der Waals surface area (Å²) in [6.45, 7) is 6.11. The van der Waals surface area contributed by atoms with Crippen molar-refractivity contribution in [2.24, 2.45) is 0 Å². The monoisotopic (exact) mass is 529 g/mol. The van der Waals surface area contributed by atoms with Crippen LogP contribution in [0.25, 0.3) is 31.6 Å². The number of benzene rings is 2. The van der Waals surface area contributed by atoms with Crippen molar-refractivity contribution in [1.82, 2.24) is 20.2 Å².